The maximum absolute atomic E-state index is 12.3. The molecule has 1 aromatic heterocycles. The Morgan fingerprint density at radius 1 is 1.28 bits per heavy atom. The third-order valence-corrected chi connectivity index (χ3v) is 5.62. The molecule has 3 N–H and O–H groups in total. The average Bonchev–Trinajstić information content (AvgIpc) is 2.94. The number of hydrogen-bond donors (Lipinski definition) is 3. The molecule has 0 aliphatic heterocycles. The molecule has 0 spiro atoms. The van der Waals surface area contributed by atoms with Gasteiger partial charge in [0.15, 0.2) is 0 Å². The number of fused-ring (bicyclic) bond motifs is 1. The number of carbonyl (C=O) groups excluding carboxylic acids is 2. The van der Waals surface area contributed by atoms with Crippen molar-refractivity contribution in [3.63, 3.8) is 0 Å². The van der Waals surface area contributed by atoms with Crippen LogP contribution in [0.15, 0.2) is 24.3 Å². The van der Waals surface area contributed by atoms with Crippen molar-refractivity contribution in [2.24, 2.45) is 5.92 Å². The van der Waals surface area contributed by atoms with Gasteiger partial charge in [0.25, 0.3) is 5.91 Å². The van der Waals surface area contributed by atoms with Crippen molar-refractivity contribution in [2.45, 2.75) is 26.3 Å². The van der Waals surface area contributed by atoms with Gasteiger partial charge in [-0.3, -0.25) is 9.59 Å². The number of carboxylic acid groups (broad SMARTS) is 1. The smallest absolute Gasteiger partial charge is 0.326 e. The summed E-state index contributed by atoms with van der Waals surface area (Å²) in [6.45, 7) is 3.27. The van der Waals surface area contributed by atoms with Crippen LogP contribution in [0.2, 0.25) is 5.02 Å². The highest BCUT2D eigenvalue weighted by atomic mass is 35.5. The quantitative estimate of drug-likeness (QED) is 0.686. The number of thiophene rings is 1. The highest BCUT2D eigenvalue weighted by molar-refractivity contribution is 7.21. The summed E-state index contributed by atoms with van der Waals surface area (Å²) >= 11 is 7.47. The van der Waals surface area contributed by atoms with Crippen molar-refractivity contribution in [1.82, 2.24) is 10.6 Å². The van der Waals surface area contributed by atoms with Gasteiger partial charge in [-0.15, -0.1) is 11.3 Å². The number of nitrogens with one attached hydrogen (secondary N) is 2. The van der Waals surface area contributed by atoms with Crippen molar-refractivity contribution < 1.29 is 19.5 Å². The number of rotatable bonds is 7. The highest BCUT2D eigenvalue weighted by Crippen LogP contribution is 2.34. The van der Waals surface area contributed by atoms with Gasteiger partial charge in [0, 0.05) is 10.1 Å². The minimum atomic E-state index is -1.10. The molecule has 0 saturated heterocycles. The summed E-state index contributed by atoms with van der Waals surface area (Å²) in [5, 5.41) is 15.2. The van der Waals surface area contributed by atoms with Crippen molar-refractivity contribution in [3.8, 4) is 0 Å². The average molecular weight is 383 g/mol. The van der Waals surface area contributed by atoms with Crippen LogP contribution in [0.3, 0.4) is 0 Å². The Hall–Kier alpha value is -2.12. The predicted molar refractivity (Wildman–Crippen MR) is 98.2 cm³/mol. The second kappa shape index (κ2) is 8.31. The fraction of sp³-hybridized carbons (Fsp3) is 0.353. The van der Waals surface area contributed by atoms with E-state index in [2.05, 4.69) is 10.6 Å². The van der Waals surface area contributed by atoms with E-state index in [1.54, 1.807) is 6.92 Å². The first-order chi connectivity index (χ1) is 11.8. The van der Waals surface area contributed by atoms with Crippen molar-refractivity contribution in [3.05, 3.63) is 34.2 Å². The number of hydrogen-bond acceptors (Lipinski definition) is 4. The van der Waals surface area contributed by atoms with E-state index < -0.39 is 23.8 Å². The fourth-order valence-electron chi connectivity index (χ4n) is 2.31. The van der Waals surface area contributed by atoms with Crippen LogP contribution in [0, 0.1) is 5.92 Å². The van der Waals surface area contributed by atoms with Crippen molar-refractivity contribution >= 4 is 50.8 Å². The minimum Gasteiger partial charge on any atom is -0.480 e. The molecule has 0 saturated carbocycles. The normalized spacial score (nSPS) is 13.2. The lowest BCUT2D eigenvalue weighted by Crippen LogP contribution is -2.48. The first-order valence-corrected chi connectivity index (χ1v) is 9.02. The van der Waals surface area contributed by atoms with Gasteiger partial charge >= 0.3 is 5.97 Å². The molecule has 0 radical (unpaired) electrons. The van der Waals surface area contributed by atoms with Crippen LogP contribution in [-0.4, -0.2) is 35.5 Å². The summed E-state index contributed by atoms with van der Waals surface area (Å²) in [7, 11) is 0. The van der Waals surface area contributed by atoms with E-state index >= 15 is 0 Å². The Balaban J connectivity index is 2.00. The Morgan fingerprint density at radius 3 is 2.56 bits per heavy atom. The van der Waals surface area contributed by atoms with Gasteiger partial charge in [-0.1, -0.05) is 50.1 Å². The molecular weight excluding hydrogens is 364 g/mol. The van der Waals surface area contributed by atoms with Gasteiger partial charge in [0.2, 0.25) is 5.91 Å². The molecule has 0 unspecified atom stereocenters. The zero-order chi connectivity index (χ0) is 18.6. The van der Waals surface area contributed by atoms with E-state index in [0.717, 1.165) is 10.1 Å². The van der Waals surface area contributed by atoms with Crippen LogP contribution < -0.4 is 10.6 Å². The van der Waals surface area contributed by atoms with Crippen LogP contribution in [0.1, 0.15) is 29.9 Å². The summed E-state index contributed by atoms with van der Waals surface area (Å²) in [6, 6.07) is 6.38. The van der Waals surface area contributed by atoms with E-state index in [-0.39, 0.29) is 12.5 Å². The third-order valence-electron chi connectivity index (χ3n) is 3.95. The van der Waals surface area contributed by atoms with Crippen LogP contribution in [0.4, 0.5) is 0 Å². The van der Waals surface area contributed by atoms with Gasteiger partial charge in [0.1, 0.15) is 10.9 Å². The van der Waals surface area contributed by atoms with E-state index in [1.807, 2.05) is 31.2 Å². The molecule has 2 amide bonds. The standard InChI is InChI=1S/C17H19ClN2O4S/c1-3-9(2)14(17(23)24)20-12(21)8-19-16(22)15-13(18)10-6-4-5-7-11(10)25-15/h4-7,9,14H,3,8H2,1-2H3,(H,19,22)(H,20,21)(H,23,24)/t9-,14-/m0/s1. The Labute approximate surface area is 154 Å². The number of carbonyl (C=O) groups is 3. The molecule has 2 rings (SSSR count). The van der Waals surface area contributed by atoms with E-state index in [9.17, 15) is 19.5 Å². The monoisotopic (exact) mass is 382 g/mol. The number of halogens is 1. The summed E-state index contributed by atoms with van der Waals surface area (Å²) in [5.41, 5.74) is 0. The molecular formula is C17H19ClN2O4S. The van der Waals surface area contributed by atoms with Gasteiger partial charge in [0.05, 0.1) is 11.6 Å². The first-order valence-electron chi connectivity index (χ1n) is 7.82. The number of benzene rings is 1. The molecule has 2 atom stereocenters. The van der Waals surface area contributed by atoms with Crippen molar-refractivity contribution in [1.29, 1.82) is 0 Å². The van der Waals surface area contributed by atoms with Crippen molar-refractivity contribution in [2.75, 3.05) is 6.54 Å². The summed E-state index contributed by atoms with van der Waals surface area (Å²) in [4.78, 5) is 35.8. The second-order valence-electron chi connectivity index (χ2n) is 5.69. The van der Waals surface area contributed by atoms with Crippen LogP contribution in [0.25, 0.3) is 10.1 Å². The van der Waals surface area contributed by atoms with Gasteiger partial charge in [-0.25, -0.2) is 4.79 Å². The Morgan fingerprint density at radius 2 is 1.96 bits per heavy atom. The van der Waals surface area contributed by atoms with Crippen LogP contribution in [-0.2, 0) is 9.59 Å². The molecule has 0 aliphatic carbocycles. The molecule has 8 heteroatoms. The summed E-state index contributed by atoms with van der Waals surface area (Å²) in [6.07, 6.45) is 0.612. The molecule has 0 bridgehead atoms. The fourth-order valence-corrected chi connectivity index (χ4v) is 3.74. The lowest BCUT2D eigenvalue weighted by molar-refractivity contribution is -0.143. The van der Waals surface area contributed by atoms with Gasteiger partial charge in [-0.05, 0) is 12.0 Å². The zero-order valence-electron chi connectivity index (χ0n) is 13.8. The third kappa shape index (κ3) is 4.49. The minimum absolute atomic E-state index is 0.214. The van der Waals surface area contributed by atoms with Crippen LogP contribution in [0.5, 0.6) is 0 Å². The molecule has 1 heterocycles. The maximum Gasteiger partial charge on any atom is 0.326 e. The van der Waals surface area contributed by atoms with E-state index in [0.29, 0.717) is 16.3 Å². The molecule has 134 valence electrons. The number of amides is 2. The summed E-state index contributed by atoms with van der Waals surface area (Å²) in [5.74, 6) is -2.33. The Bertz CT molecular complexity index is 805. The zero-order valence-corrected chi connectivity index (χ0v) is 15.4. The highest BCUT2D eigenvalue weighted by Gasteiger charge is 2.25. The lowest BCUT2D eigenvalue weighted by Gasteiger charge is -2.20. The van der Waals surface area contributed by atoms with Gasteiger partial charge in [-0.2, -0.15) is 0 Å². The number of aliphatic carboxylic acids is 1. The molecule has 2 aromatic rings. The maximum atomic E-state index is 12.3. The van der Waals surface area contributed by atoms with Crippen LogP contribution >= 0.6 is 22.9 Å². The van der Waals surface area contributed by atoms with Gasteiger partial charge < -0.3 is 15.7 Å². The largest absolute Gasteiger partial charge is 0.480 e. The lowest BCUT2D eigenvalue weighted by atomic mass is 9.99. The molecule has 0 fully saturated rings. The predicted octanol–water partition coefficient (Wildman–Crippen LogP) is 2.90. The summed E-state index contributed by atoms with van der Waals surface area (Å²) < 4.78 is 0.879. The first kappa shape index (κ1) is 19.2. The molecule has 1 aromatic carbocycles. The topological polar surface area (TPSA) is 95.5 Å². The van der Waals surface area contributed by atoms with E-state index in [1.165, 1.54) is 11.3 Å². The SMILES string of the molecule is CC[C@H](C)[C@H](NC(=O)CNC(=O)c1sc2ccccc2c1Cl)C(=O)O. The molecule has 25 heavy (non-hydrogen) atoms. The second-order valence-corrected chi connectivity index (χ2v) is 7.12. The Kier molecular flexibility index (Phi) is 6.39. The molecule has 6 nitrogen and oxygen atoms in total. The molecule has 0 aliphatic rings. The number of carboxylic acids is 1. The van der Waals surface area contributed by atoms with E-state index in [4.69, 9.17) is 11.6 Å².